The Labute approximate surface area is 163 Å². The minimum atomic E-state index is -5.08. The van der Waals surface area contributed by atoms with E-state index in [0.29, 0.717) is 38.5 Å². The molecule has 10 nitrogen and oxygen atoms in total. The molecule has 2 amide bonds. The molecule has 1 aromatic rings. The minimum absolute atomic E-state index is 0.0284. The first-order valence-corrected chi connectivity index (χ1v) is 8.55. The predicted molar refractivity (Wildman–Crippen MR) is 90.8 cm³/mol. The summed E-state index contributed by atoms with van der Waals surface area (Å²) < 4.78 is 37.5. The van der Waals surface area contributed by atoms with E-state index in [9.17, 15) is 22.8 Å². The largest absolute Gasteiger partial charge is 0.490 e. The molecule has 160 valence electrons. The number of carboxylic acids is 1. The third-order valence-electron chi connectivity index (χ3n) is 4.35. The number of nitrogens with one attached hydrogen (secondary N) is 1. The predicted octanol–water partition coefficient (Wildman–Crippen LogP) is -0.619. The lowest BCUT2D eigenvalue weighted by Gasteiger charge is -2.35. The summed E-state index contributed by atoms with van der Waals surface area (Å²) in [4.78, 5) is 44.7. The molecule has 0 unspecified atom stereocenters. The van der Waals surface area contributed by atoms with Gasteiger partial charge < -0.3 is 20.1 Å². The average Bonchev–Trinajstić information content (AvgIpc) is 3.13. The highest BCUT2D eigenvalue weighted by atomic mass is 19.4. The number of hydrogen-bond donors (Lipinski definition) is 2. The zero-order chi connectivity index (χ0) is 21.6. The van der Waals surface area contributed by atoms with Crippen LogP contribution in [0.25, 0.3) is 0 Å². The topological polar surface area (TPSA) is 125 Å². The van der Waals surface area contributed by atoms with Crippen LogP contribution < -0.4 is 5.32 Å². The minimum Gasteiger partial charge on any atom is -0.475 e. The highest BCUT2D eigenvalue weighted by molar-refractivity contribution is 5.92. The Bertz CT molecular complexity index is 733. The van der Waals surface area contributed by atoms with Crippen molar-refractivity contribution in [2.45, 2.75) is 18.3 Å². The van der Waals surface area contributed by atoms with Gasteiger partial charge in [-0.3, -0.25) is 19.5 Å². The van der Waals surface area contributed by atoms with Crippen molar-refractivity contribution in [2.24, 2.45) is 0 Å². The maximum Gasteiger partial charge on any atom is 0.490 e. The van der Waals surface area contributed by atoms with Gasteiger partial charge in [0.1, 0.15) is 5.69 Å². The van der Waals surface area contributed by atoms with Gasteiger partial charge in [-0.1, -0.05) is 0 Å². The van der Waals surface area contributed by atoms with Crippen molar-refractivity contribution >= 4 is 17.8 Å². The van der Waals surface area contributed by atoms with Crippen LogP contribution in [0.5, 0.6) is 0 Å². The van der Waals surface area contributed by atoms with Gasteiger partial charge in [0, 0.05) is 39.1 Å². The van der Waals surface area contributed by atoms with E-state index in [-0.39, 0.29) is 24.0 Å². The summed E-state index contributed by atoms with van der Waals surface area (Å²) in [5.74, 6) is -2.93. The number of aliphatic carboxylic acids is 1. The van der Waals surface area contributed by atoms with Gasteiger partial charge in [0.25, 0.3) is 5.91 Å². The second kappa shape index (κ2) is 9.60. The Balaban J connectivity index is 0.000000370. The SMILES string of the molecule is CNC(=O)CN1CCO[C@H]2CN(C(=O)c3cnccn3)C[C@H]21.O=C(O)C(F)(F)F. The molecule has 2 aliphatic heterocycles. The van der Waals surface area contributed by atoms with Gasteiger partial charge in [-0.25, -0.2) is 9.78 Å². The van der Waals surface area contributed by atoms with E-state index in [0.717, 1.165) is 0 Å². The first-order valence-electron chi connectivity index (χ1n) is 8.55. The number of amides is 2. The standard InChI is InChI=1S/C14H19N5O3.C2HF3O2/c1-15-13(20)9-18-4-5-22-12-8-19(7-11(12)18)14(21)10-6-16-2-3-17-10;3-2(4,5)1(6)7/h2-3,6,11-12H,4-5,7-9H2,1H3,(H,15,20);(H,6,7)/t11-,12+;/m1./s1. The fraction of sp³-hybridized carbons (Fsp3) is 0.562. The molecule has 29 heavy (non-hydrogen) atoms. The number of nitrogens with zero attached hydrogens (tertiary/aromatic N) is 4. The molecule has 0 spiro atoms. The Morgan fingerprint density at radius 2 is 2.00 bits per heavy atom. The third kappa shape index (κ3) is 6.09. The molecule has 1 aromatic heterocycles. The van der Waals surface area contributed by atoms with E-state index in [1.165, 1.54) is 18.6 Å². The quantitative estimate of drug-likeness (QED) is 0.664. The van der Waals surface area contributed by atoms with Crippen molar-refractivity contribution in [1.82, 2.24) is 25.1 Å². The molecule has 13 heteroatoms. The van der Waals surface area contributed by atoms with E-state index in [2.05, 4.69) is 20.2 Å². The Morgan fingerprint density at radius 1 is 1.31 bits per heavy atom. The lowest BCUT2D eigenvalue weighted by Crippen LogP contribution is -2.53. The number of fused-ring (bicyclic) bond motifs is 1. The molecule has 3 heterocycles. The van der Waals surface area contributed by atoms with Gasteiger partial charge in [-0.05, 0) is 0 Å². The summed E-state index contributed by atoms with van der Waals surface area (Å²) in [6.45, 7) is 2.66. The molecule has 0 bridgehead atoms. The number of likely N-dealkylation sites (tertiary alicyclic amines) is 1. The molecule has 2 saturated heterocycles. The molecule has 0 aromatic carbocycles. The Kier molecular flexibility index (Phi) is 7.45. The van der Waals surface area contributed by atoms with Crippen LogP contribution in [0.15, 0.2) is 18.6 Å². The third-order valence-corrected chi connectivity index (χ3v) is 4.35. The lowest BCUT2D eigenvalue weighted by atomic mass is 10.1. The van der Waals surface area contributed by atoms with Gasteiger partial charge in [-0.15, -0.1) is 0 Å². The Morgan fingerprint density at radius 3 is 2.55 bits per heavy atom. The fourth-order valence-electron chi connectivity index (χ4n) is 2.96. The van der Waals surface area contributed by atoms with Crippen molar-refractivity contribution in [2.75, 3.05) is 39.8 Å². The number of carbonyl (C=O) groups excluding carboxylic acids is 2. The van der Waals surface area contributed by atoms with Crippen molar-refractivity contribution in [3.63, 3.8) is 0 Å². The number of alkyl halides is 3. The molecular formula is C16H20F3N5O5. The second-order valence-electron chi connectivity index (χ2n) is 6.22. The summed E-state index contributed by atoms with van der Waals surface area (Å²) in [5, 5.41) is 9.76. The molecule has 2 aliphatic rings. The normalized spacial score (nSPS) is 21.6. The summed E-state index contributed by atoms with van der Waals surface area (Å²) in [7, 11) is 1.62. The van der Waals surface area contributed by atoms with E-state index in [1.54, 1.807) is 11.9 Å². The van der Waals surface area contributed by atoms with Crippen molar-refractivity contribution in [1.29, 1.82) is 0 Å². The summed E-state index contributed by atoms with van der Waals surface area (Å²) in [6, 6.07) is 0.0478. The van der Waals surface area contributed by atoms with Crippen LogP contribution in [0.2, 0.25) is 0 Å². The number of likely N-dealkylation sites (N-methyl/N-ethyl adjacent to an activating group) is 1. The van der Waals surface area contributed by atoms with Crippen LogP contribution in [-0.2, 0) is 14.3 Å². The van der Waals surface area contributed by atoms with E-state index >= 15 is 0 Å². The number of ether oxygens (including phenoxy) is 1. The van der Waals surface area contributed by atoms with Gasteiger partial charge >= 0.3 is 12.1 Å². The fourth-order valence-corrected chi connectivity index (χ4v) is 2.96. The number of rotatable bonds is 3. The molecule has 0 saturated carbocycles. The molecule has 2 fully saturated rings. The lowest BCUT2D eigenvalue weighted by molar-refractivity contribution is -0.192. The van der Waals surface area contributed by atoms with Crippen LogP contribution in [0.3, 0.4) is 0 Å². The molecule has 0 radical (unpaired) electrons. The molecule has 3 rings (SSSR count). The number of carboxylic acid groups (broad SMARTS) is 1. The molecular weight excluding hydrogens is 399 g/mol. The number of carbonyl (C=O) groups is 3. The summed E-state index contributed by atoms with van der Waals surface area (Å²) in [6.07, 6.45) is -0.633. The van der Waals surface area contributed by atoms with Crippen LogP contribution >= 0.6 is 0 Å². The number of aromatic nitrogens is 2. The van der Waals surface area contributed by atoms with Gasteiger partial charge in [-0.2, -0.15) is 13.2 Å². The van der Waals surface area contributed by atoms with Gasteiger partial charge in [0.05, 0.1) is 31.5 Å². The highest BCUT2D eigenvalue weighted by Crippen LogP contribution is 2.23. The molecule has 2 atom stereocenters. The maximum absolute atomic E-state index is 12.4. The monoisotopic (exact) mass is 419 g/mol. The first kappa shape index (κ1) is 22.5. The number of halogens is 3. The van der Waals surface area contributed by atoms with Crippen LogP contribution in [0, 0.1) is 0 Å². The van der Waals surface area contributed by atoms with Crippen LogP contribution in [-0.4, -0.2) is 101 Å². The van der Waals surface area contributed by atoms with E-state index in [1.807, 2.05) is 0 Å². The van der Waals surface area contributed by atoms with Crippen molar-refractivity contribution < 1.29 is 37.4 Å². The number of morpholine rings is 1. The average molecular weight is 419 g/mol. The summed E-state index contributed by atoms with van der Waals surface area (Å²) >= 11 is 0. The highest BCUT2D eigenvalue weighted by Gasteiger charge is 2.42. The van der Waals surface area contributed by atoms with Crippen LogP contribution in [0.4, 0.5) is 13.2 Å². The van der Waals surface area contributed by atoms with Crippen LogP contribution in [0.1, 0.15) is 10.5 Å². The molecule has 2 N–H and O–H groups in total. The van der Waals surface area contributed by atoms with Crippen molar-refractivity contribution in [3.05, 3.63) is 24.3 Å². The van der Waals surface area contributed by atoms with E-state index < -0.39 is 12.1 Å². The molecule has 0 aliphatic carbocycles. The Hall–Kier alpha value is -2.80. The smallest absolute Gasteiger partial charge is 0.475 e. The van der Waals surface area contributed by atoms with Crippen molar-refractivity contribution in [3.8, 4) is 0 Å². The number of hydrogen-bond acceptors (Lipinski definition) is 7. The van der Waals surface area contributed by atoms with E-state index in [4.69, 9.17) is 14.6 Å². The maximum atomic E-state index is 12.4. The zero-order valence-corrected chi connectivity index (χ0v) is 15.4. The van der Waals surface area contributed by atoms with Gasteiger partial charge in [0.15, 0.2) is 0 Å². The summed E-state index contributed by atoms with van der Waals surface area (Å²) in [5.41, 5.74) is 0.332. The van der Waals surface area contributed by atoms with Gasteiger partial charge in [0.2, 0.25) is 5.91 Å². The second-order valence-corrected chi connectivity index (χ2v) is 6.22. The zero-order valence-electron chi connectivity index (χ0n) is 15.4. The first-order chi connectivity index (χ1) is 13.6.